The van der Waals surface area contributed by atoms with Gasteiger partial charge in [-0.15, -0.1) is 0 Å². The predicted octanol–water partition coefficient (Wildman–Crippen LogP) is 0.407. The van der Waals surface area contributed by atoms with Gasteiger partial charge < -0.3 is 10.6 Å². The highest BCUT2D eigenvalue weighted by molar-refractivity contribution is 5.74. The quantitative estimate of drug-likeness (QED) is 0.491. The van der Waals surface area contributed by atoms with E-state index < -0.39 is 0 Å². The van der Waals surface area contributed by atoms with E-state index in [-0.39, 0.29) is 5.96 Å². The molecule has 0 atom stereocenters. The van der Waals surface area contributed by atoms with Gasteiger partial charge in [-0.05, 0) is 17.7 Å². The lowest BCUT2D eigenvalue weighted by molar-refractivity contribution is 0.491. The number of hydrogen-bond acceptors (Lipinski definition) is 2. The second-order valence-electron chi connectivity index (χ2n) is 2.60. The van der Waals surface area contributed by atoms with Gasteiger partial charge >= 0.3 is 0 Å². The monoisotopic (exact) mass is 164 g/mol. The third kappa shape index (κ3) is 2.23. The molecule has 0 saturated carbocycles. The molecule has 1 aromatic heterocycles. The fraction of sp³-hybridized carbons (Fsp3) is 0.250. The Morgan fingerprint density at radius 2 is 2.17 bits per heavy atom. The summed E-state index contributed by atoms with van der Waals surface area (Å²) < 4.78 is 0. The lowest BCUT2D eigenvalue weighted by atomic mass is 10.2. The summed E-state index contributed by atoms with van der Waals surface area (Å²) in [6.45, 7) is 0.651. The average Bonchev–Trinajstić information content (AvgIpc) is 2.06. The van der Waals surface area contributed by atoms with Crippen molar-refractivity contribution in [1.29, 1.82) is 5.41 Å². The Labute approximate surface area is 71.5 Å². The van der Waals surface area contributed by atoms with Gasteiger partial charge in [0.05, 0.1) is 0 Å². The highest BCUT2D eigenvalue weighted by atomic mass is 15.2. The third-order valence-corrected chi connectivity index (χ3v) is 1.58. The molecular formula is C8H12N4. The Morgan fingerprint density at radius 1 is 1.58 bits per heavy atom. The summed E-state index contributed by atoms with van der Waals surface area (Å²) in [6, 6.07) is 3.80. The Bertz CT molecular complexity index is 257. The maximum Gasteiger partial charge on any atom is 0.188 e. The van der Waals surface area contributed by atoms with E-state index in [1.807, 2.05) is 12.1 Å². The van der Waals surface area contributed by atoms with Gasteiger partial charge in [-0.1, -0.05) is 0 Å². The highest BCUT2D eigenvalue weighted by Gasteiger charge is 1.99. The van der Waals surface area contributed by atoms with Crippen molar-refractivity contribution in [2.45, 2.75) is 6.54 Å². The molecule has 0 unspecified atom stereocenters. The molecule has 3 N–H and O–H groups in total. The zero-order valence-corrected chi connectivity index (χ0v) is 6.99. The van der Waals surface area contributed by atoms with Gasteiger partial charge in [0.2, 0.25) is 0 Å². The first kappa shape index (κ1) is 8.52. The van der Waals surface area contributed by atoms with E-state index in [1.165, 1.54) is 0 Å². The molecule has 1 aromatic rings. The Morgan fingerprint density at radius 3 is 2.67 bits per heavy atom. The molecule has 0 aliphatic heterocycles. The molecule has 0 fully saturated rings. The van der Waals surface area contributed by atoms with Crippen molar-refractivity contribution >= 4 is 5.96 Å². The largest absolute Gasteiger partial charge is 0.370 e. The fourth-order valence-corrected chi connectivity index (χ4v) is 0.847. The summed E-state index contributed by atoms with van der Waals surface area (Å²) >= 11 is 0. The van der Waals surface area contributed by atoms with Gasteiger partial charge in [-0.2, -0.15) is 0 Å². The van der Waals surface area contributed by atoms with Gasteiger partial charge in [0, 0.05) is 26.0 Å². The van der Waals surface area contributed by atoms with Crippen LogP contribution in [-0.2, 0) is 6.54 Å². The highest BCUT2D eigenvalue weighted by Crippen LogP contribution is 1.99. The van der Waals surface area contributed by atoms with Crippen molar-refractivity contribution in [3.05, 3.63) is 30.1 Å². The van der Waals surface area contributed by atoms with Crippen LogP contribution in [0.4, 0.5) is 0 Å². The van der Waals surface area contributed by atoms with E-state index >= 15 is 0 Å². The van der Waals surface area contributed by atoms with Gasteiger partial charge in [0.1, 0.15) is 0 Å². The van der Waals surface area contributed by atoms with Crippen LogP contribution >= 0.6 is 0 Å². The Kier molecular flexibility index (Phi) is 2.63. The molecule has 4 nitrogen and oxygen atoms in total. The van der Waals surface area contributed by atoms with Crippen LogP contribution in [0.2, 0.25) is 0 Å². The number of guanidine groups is 1. The molecule has 0 radical (unpaired) electrons. The minimum absolute atomic E-state index is 0.0758. The zero-order chi connectivity index (χ0) is 8.97. The molecule has 64 valence electrons. The van der Waals surface area contributed by atoms with E-state index in [9.17, 15) is 0 Å². The number of nitrogens with two attached hydrogens (primary N) is 1. The van der Waals surface area contributed by atoms with Gasteiger partial charge in [0.15, 0.2) is 5.96 Å². The molecule has 4 heteroatoms. The standard InChI is InChI=1S/C8H12N4/c1-12(8(9)10)6-7-2-4-11-5-3-7/h2-5H,6H2,1H3,(H3,9,10). The SMILES string of the molecule is CN(Cc1ccncc1)C(=N)N. The third-order valence-electron chi connectivity index (χ3n) is 1.58. The van der Waals surface area contributed by atoms with E-state index in [1.54, 1.807) is 24.3 Å². The van der Waals surface area contributed by atoms with E-state index in [4.69, 9.17) is 11.1 Å². The van der Waals surface area contributed by atoms with Crippen molar-refractivity contribution in [3.63, 3.8) is 0 Å². The van der Waals surface area contributed by atoms with Gasteiger partial charge in [-0.3, -0.25) is 10.4 Å². The molecule has 0 saturated heterocycles. The van der Waals surface area contributed by atoms with Crippen molar-refractivity contribution < 1.29 is 0 Å². The first-order valence-corrected chi connectivity index (χ1v) is 3.64. The fourth-order valence-electron chi connectivity index (χ4n) is 0.847. The number of pyridine rings is 1. The first-order valence-electron chi connectivity index (χ1n) is 3.64. The predicted molar refractivity (Wildman–Crippen MR) is 47.6 cm³/mol. The van der Waals surface area contributed by atoms with Crippen LogP contribution in [0.25, 0.3) is 0 Å². The van der Waals surface area contributed by atoms with Crippen LogP contribution in [0.1, 0.15) is 5.56 Å². The van der Waals surface area contributed by atoms with Crippen LogP contribution in [0.5, 0.6) is 0 Å². The van der Waals surface area contributed by atoms with Crippen LogP contribution in [-0.4, -0.2) is 22.9 Å². The van der Waals surface area contributed by atoms with Crippen molar-refractivity contribution in [2.75, 3.05) is 7.05 Å². The van der Waals surface area contributed by atoms with Crippen molar-refractivity contribution in [2.24, 2.45) is 5.73 Å². The minimum Gasteiger partial charge on any atom is -0.370 e. The number of aromatic nitrogens is 1. The molecular weight excluding hydrogens is 152 g/mol. The molecule has 1 rings (SSSR count). The average molecular weight is 164 g/mol. The number of nitrogens with zero attached hydrogens (tertiary/aromatic N) is 2. The maximum atomic E-state index is 7.14. The number of rotatable bonds is 2. The van der Waals surface area contributed by atoms with Crippen molar-refractivity contribution in [1.82, 2.24) is 9.88 Å². The lowest BCUT2D eigenvalue weighted by Gasteiger charge is -2.15. The lowest BCUT2D eigenvalue weighted by Crippen LogP contribution is -2.32. The van der Waals surface area contributed by atoms with E-state index in [2.05, 4.69) is 4.98 Å². The van der Waals surface area contributed by atoms with Crippen LogP contribution in [0, 0.1) is 5.41 Å². The summed E-state index contributed by atoms with van der Waals surface area (Å²) in [5, 5.41) is 7.14. The molecule has 0 aliphatic rings. The van der Waals surface area contributed by atoms with Crippen LogP contribution < -0.4 is 5.73 Å². The molecule has 12 heavy (non-hydrogen) atoms. The van der Waals surface area contributed by atoms with Gasteiger partial charge in [-0.25, -0.2) is 0 Å². The molecule has 0 aromatic carbocycles. The maximum absolute atomic E-state index is 7.14. The van der Waals surface area contributed by atoms with Crippen LogP contribution in [0.3, 0.4) is 0 Å². The number of hydrogen-bond donors (Lipinski definition) is 2. The molecule has 0 bridgehead atoms. The normalized spacial score (nSPS) is 9.42. The molecule has 0 spiro atoms. The number of nitrogens with one attached hydrogen (secondary N) is 1. The van der Waals surface area contributed by atoms with Gasteiger partial charge in [0.25, 0.3) is 0 Å². The minimum atomic E-state index is 0.0758. The second-order valence-corrected chi connectivity index (χ2v) is 2.60. The summed E-state index contributed by atoms with van der Waals surface area (Å²) in [6.07, 6.45) is 3.45. The Balaban J connectivity index is 2.58. The summed E-state index contributed by atoms with van der Waals surface area (Å²) in [5.74, 6) is 0.0758. The summed E-state index contributed by atoms with van der Waals surface area (Å²) in [5.41, 5.74) is 6.38. The topological polar surface area (TPSA) is 66.0 Å². The summed E-state index contributed by atoms with van der Waals surface area (Å²) in [7, 11) is 1.78. The smallest absolute Gasteiger partial charge is 0.188 e. The van der Waals surface area contributed by atoms with E-state index in [0.717, 1.165) is 5.56 Å². The Hall–Kier alpha value is -1.58. The first-order chi connectivity index (χ1) is 5.70. The summed E-state index contributed by atoms with van der Waals surface area (Å²) in [4.78, 5) is 5.56. The van der Waals surface area contributed by atoms with Crippen molar-refractivity contribution in [3.8, 4) is 0 Å². The molecule has 0 aliphatic carbocycles. The molecule has 1 heterocycles. The van der Waals surface area contributed by atoms with Crippen LogP contribution in [0.15, 0.2) is 24.5 Å². The second kappa shape index (κ2) is 3.71. The van der Waals surface area contributed by atoms with E-state index in [0.29, 0.717) is 6.54 Å². The molecule has 0 amide bonds. The zero-order valence-electron chi connectivity index (χ0n) is 6.99.